The predicted octanol–water partition coefficient (Wildman–Crippen LogP) is 4.03. The fourth-order valence-corrected chi connectivity index (χ4v) is 5.70. The van der Waals surface area contributed by atoms with Crippen LogP contribution in [0, 0.1) is 11.3 Å². The quantitative estimate of drug-likeness (QED) is 0.275. The van der Waals surface area contributed by atoms with E-state index in [1.54, 1.807) is 0 Å². The van der Waals surface area contributed by atoms with Crippen molar-refractivity contribution in [3.8, 4) is 5.75 Å². The number of ether oxygens (including phenoxy) is 2. The van der Waals surface area contributed by atoms with E-state index in [1.165, 1.54) is 25.7 Å². The molecule has 0 bridgehead atoms. The molecule has 31 heavy (non-hydrogen) atoms. The first-order valence-corrected chi connectivity index (χ1v) is 11.6. The number of benzene rings is 1. The summed E-state index contributed by atoms with van der Waals surface area (Å²) in [5.41, 5.74) is 1.13. The molecule has 1 spiro atoms. The molecule has 4 unspecified atom stereocenters. The Balaban J connectivity index is 0.00000272. The van der Waals surface area contributed by atoms with E-state index in [4.69, 9.17) is 14.5 Å². The molecule has 4 atom stereocenters. The zero-order valence-corrected chi connectivity index (χ0v) is 21.3. The first-order chi connectivity index (χ1) is 14.5. The average Bonchev–Trinajstić information content (AvgIpc) is 3.39. The molecule has 1 aliphatic heterocycles. The lowest BCUT2D eigenvalue weighted by molar-refractivity contribution is -0.125. The van der Waals surface area contributed by atoms with Crippen molar-refractivity contribution in [3.63, 3.8) is 0 Å². The van der Waals surface area contributed by atoms with Crippen molar-refractivity contribution >= 4 is 29.9 Å². The minimum absolute atomic E-state index is 0. The molecule has 174 valence electrons. The van der Waals surface area contributed by atoms with Gasteiger partial charge in [-0.3, -0.25) is 4.99 Å². The molecule has 1 heterocycles. The Morgan fingerprint density at radius 2 is 1.97 bits per heavy atom. The maximum absolute atomic E-state index is 10.6. The van der Waals surface area contributed by atoms with Gasteiger partial charge in [0.15, 0.2) is 5.96 Å². The zero-order chi connectivity index (χ0) is 21.1. The van der Waals surface area contributed by atoms with E-state index in [0.29, 0.717) is 24.6 Å². The number of halogens is 1. The molecule has 0 amide bonds. The van der Waals surface area contributed by atoms with Crippen LogP contribution in [0.1, 0.15) is 64.5 Å². The molecule has 6 nitrogen and oxygen atoms in total. The summed E-state index contributed by atoms with van der Waals surface area (Å²) in [7, 11) is 0. The summed E-state index contributed by atoms with van der Waals surface area (Å²) >= 11 is 0. The third-order valence-electron chi connectivity index (χ3n) is 6.98. The highest BCUT2D eigenvalue weighted by atomic mass is 127. The van der Waals surface area contributed by atoms with Crippen LogP contribution in [0.5, 0.6) is 5.75 Å². The van der Waals surface area contributed by atoms with Crippen molar-refractivity contribution in [1.82, 2.24) is 10.6 Å². The molecule has 1 aromatic rings. The molecule has 7 heteroatoms. The molecule has 3 N–H and O–H groups in total. The van der Waals surface area contributed by atoms with Crippen LogP contribution in [0.15, 0.2) is 29.3 Å². The maximum atomic E-state index is 10.6. The number of aliphatic hydroxyl groups is 1. The number of guanidine groups is 1. The highest BCUT2D eigenvalue weighted by Gasteiger charge is 2.65. The van der Waals surface area contributed by atoms with Crippen molar-refractivity contribution in [2.45, 2.75) is 77.2 Å². The van der Waals surface area contributed by atoms with Gasteiger partial charge >= 0.3 is 0 Å². The Hall–Kier alpha value is -1.06. The van der Waals surface area contributed by atoms with Gasteiger partial charge in [-0.15, -0.1) is 24.0 Å². The number of fused-ring (bicyclic) bond motifs is 2. The van der Waals surface area contributed by atoms with Crippen molar-refractivity contribution in [2.24, 2.45) is 16.3 Å². The number of rotatable bonds is 7. The van der Waals surface area contributed by atoms with E-state index in [-0.39, 0.29) is 35.5 Å². The lowest BCUT2D eigenvalue weighted by Crippen LogP contribution is -2.69. The maximum Gasteiger partial charge on any atom is 0.191 e. The molecule has 1 aromatic carbocycles. The molecule has 0 radical (unpaired) electrons. The third-order valence-corrected chi connectivity index (χ3v) is 6.98. The van der Waals surface area contributed by atoms with Gasteiger partial charge in [0, 0.05) is 30.5 Å². The average molecular weight is 543 g/mol. The summed E-state index contributed by atoms with van der Waals surface area (Å²) in [6, 6.07) is 8.07. The molecule has 3 aliphatic rings. The Kier molecular flexibility index (Phi) is 8.49. The van der Waals surface area contributed by atoms with Crippen LogP contribution in [-0.2, 0) is 4.74 Å². The van der Waals surface area contributed by atoms with Gasteiger partial charge < -0.3 is 25.2 Å². The van der Waals surface area contributed by atoms with Crippen LogP contribution in [0.4, 0.5) is 0 Å². The second-order valence-electron chi connectivity index (χ2n) is 9.28. The fourth-order valence-electron chi connectivity index (χ4n) is 5.70. The molecule has 2 aliphatic carbocycles. The Labute approximate surface area is 203 Å². The lowest BCUT2D eigenvalue weighted by Gasteiger charge is -2.57. The summed E-state index contributed by atoms with van der Waals surface area (Å²) in [6.45, 7) is 8.10. The molecular weight excluding hydrogens is 505 g/mol. The topological polar surface area (TPSA) is 75.1 Å². The first-order valence-electron chi connectivity index (χ1n) is 11.6. The van der Waals surface area contributed by atoms with Crippen molar-refractivity contribution in [3.05, 3.63) is 29.8 Å². The van der Waals surface area contributed by atoms with Crippen LogP contribution >= 0.6 is 24.0 Å². The fraction of sp³-hybridized carbons (Fsp3) is 0.708. The van der Waals surface area contributed by atoms with Gasteiger partial charge in [-0.05, 0) is 57.7 Å². The lowest BCUT2D eigenvalue weighted by atomic mass is 9.54. The molecule has 4 rings (SSSR count). The van der Waals surface area contributed by atoms with Gasteiger partial charge in [0.2, 0.25) is 0 Å². The van der Waals surface area contributed by atoms with Crippen LogP contribution in [0.25, 0.3) is 0 Å². The van der Waals surface area contributed by atoms with E-state index >= 15 is 0 Å². The largest absolute Gasteiger partial charge is 0.491 e. The Morgan fingerprint density at radius 3 is 2.61 bits per heavy atom. The van der Waals surface area contributed by atoms with E-state index < -0.39 is 6.10 Å². The zero-order valence-electron chi connectivity index (χ0n) is 19.0. The molecular formula is C24H38IN3O3. The van der Waals surface area contributed by atoms with Gasteiger partial charge in [-0.1, -0.05) is 25.0 Å². The van der Waals surface area contributed by atoms with Gasteiger partial charge in [-0.2, -0.15) is 0 Å². The number of nitrogens with one attached hydrogen (secondary N) is 2. The highest BCUT2D eigenvalue weighted by molar-refractivity contribution is 14.0. The molecule has 0 aromatic heterocycles. The van der Waals surface area contributed by atoms with Crippen molar-refractivity contribution in [1.29, 1.82) is 0 Å². The standard InChI is InChI=1S/C24H37N3O3.HI/c1-4-25-23(26-15-20(28)17-7-9-18(10-8-17)30-16(2)3)27-21-19-11-14-29-22(19)24(21)12-5-6-13-24;/h7-10,16,19-22,28H,4-6,11-15H2,1-3H3,(H2,25,26,27);1H. The Morgan fingerprint density at radius 1 is 1.26 bits per heavy atom. The minimum Gasteiger partial charge on any atom is -0.491 e. The predicted molar refractivity (Wildman–Crippen MR) is 134 cm³/mol. The SMILES string of the molecule is CCNC(=NCC(O)c1ccc(OC(C)C)cc1)NC1C2CCOC2C12CCCC2.I. The molecule has 1 saturated heterocycles. The summed E-state index contributed by atoms with van der Waals surface area (Å²) < 4.78 is 11.8. The van der Waals surface area contributed by atoms with Crippen LogP contribution in [0.3, 0.4) is 0 Å². The smallest absolute Gasteiger partial charge is 0.191 e. The van der Waals surface area contributed by atoms with Crippen LogP contribution in [-0.4, -0.2) is 49.0 Å². The Bertz CT molecular complexity index is 734. The van der Waals surface area contributed by atoms with E-state index in [0.717, 1.165) is 36.8 Å². The van der Waals surface area contributed by atoms with E-state index in [9.17, 15) is 5.11 Å². The summed E-state index contributed by atoms with van der Waals surface area (Å²) in [4.78, 5) is 4.72. The minimum atomic E-state index is -0.641. The number of hydrogen-bond donors (Lipinski definition) is 3. The molecule has 3 fully saturated rings. The van der Waals surface area contributed by atoms with Gasteiger partial charge in [0.1, 0.15) is 5.75 Å². The van der Waals surface area contributed by atoms with Crippen LogP contribution < -0.4 is 15.4 Å². The van der Waals surface area contributed by atoms with Crippen molar-refractivity contribution < 1.29 is 14.6 Å². The van der Waals surface area contributed by atoms with Crippen LogP contribution in [0.2, 0.25) is 0 Å². The number of aliphatic imine (C=N–C) groups is 1. The summed E-state index contributed by atoms with van der Waals surface area (Å²) in [6.07, 6.45) is 6.16. The second kappa shape index (κ2) is 10.7. The molecule has 2 saturated carbocycles. The van der Waals surface area contributed by atoms with Gasteiger partial charge in [-0.25, -0.2) is 0 Å². The highest BCUT2D eigenvalue weighted by Crippen LogP contribution is 2.60. The second-order valence-corrected chi connectivity index (χ2v) is 9.28. The summed E-state index contributed by atoms with van der Waals surface area (Å²) in [5, 5.41) is 17.7. The number of hydrogen-bond acceptors (Lipinski definition) is 4. The number of aliphatic hydroxyl groups excluding tert-OH is 1. The third kappa shape index (κ3) is 5.14. The van der Waals surface area contributed by atoms with E-state index in [2.05, 4.69) is 17.6 Å². The monoisotopic (exact) mass is 543 g/mol. The first kappa shape index (κ1) is 24.6. The van der Waals surface area contributed by atoms with Crippen molar-refractivity contribution in [2.75, 3.05) is 19.7 Å². The summed E-state index contributed by atoms with van der Waals surface area (Å²) in [5.74, 6) is 2.21. The number of nitrogens with zero attached hydrogens (tertiary/aromatic N) is 1. The van der Waals surface area contributed by atoms with E-state index in [1.807, 2.05) is 38.1 Å². The van der Waals surface area contributed by atoms with Gasteiger partial charge in [0.05, 0.1) is 24.9 Å². The normalized spacial score (nSPS) is 27.4. The van der Waals surface area contributed by atoms with Gasteiger partial charge in [0.25, 0.3) is 0 Å².